The van der Waals surface area contributed by atoms with Gasteiger partial charge in [-0.2, -0.15) is 0 Å². The number of nitrogens with zero attached hydrogens (tertiary/aromatic N) is 1. The fraction of sp³-hybridized carbons (Fsp3) is 0.333. The molecule has 1 unspecified atom stereocenters. The molecular weight excluding hydrogens is 307 g/mol. The third-order valence-corrected chi connectivity index (χ3v) is 4.43. The Kier molecular flexibility index (Phi) is 5.10. The molecule has 1 atom stereocenters. The Hall–Kier alpha value is -1.99. The van der Waals surface area contributed by atoms with Crippen molar-refractivity contribution in [2.45, 2.75) is 26.5 Å². The lowest BCUT2D eigenvalue weighted by Gasteiger charge is -2.13. The predicted molar refractivity (Wildman–Crippen MR) is 82.4 cm³/mol. The molecule has 0 aliphatic carbocycles. The fourth-order valence-electron chi connectivity index (χ4n) is 2.04. The van der Waals surface area contributed by atoms with Gasteiger partial charge in [-0.05, 0) is 19.9 Å². The summed E-state index contributed by atoms with van der Waals surface area (Å²) < 4.78 is 14.9. The number of benzene rings is 1. The van der Waals surface area contributed by atoms with Crippen LogP contribution in [0, 0.1) is 19.7 Å². The summed E-state index contributed by atoms with van der Waals surface area (Å²) in [5.74, 6) is -0.928. The minimum Gasteiger partial charge on any atom is -0.386 e. The van der Waals surface area contributed by atoms with Crippen molar-refractivity contribution in [3.05, 3.63) is 55.9 Å². The molecule has 1 heterocycles. The van der Waals surface area contributed by atoms with Crippen molar-refractivity contribution < 1.29 is 14.3 Å². The number of hydrogen-bond acceptors (Lipinski definition) is 4. The van der Waals surface area contributed by atoms with E-state index in [1.54, 1.807) is 13.0 Å². The summed E-state index contributed by atoms with van der Waals surface area (Å²) in [5.41, 5.74) is 0.877. The van der Waals surface area contributed by atoms with Crippen molar-refractivity contribution in [1.29, 1.82) is 0 Å². The number of aryl methyl sites for hydroxylation is 1. The predicted octanol–water partition coefficient (Wildman–Crippen LogP) is 1.52. The summed E-state index contributed by atoms with van der Waals surface area (Å²) in [7, 11) is 0. The van der Waals surface area contributed by atoms with Crippen LogP contribution in [-0.2, 0) is 11.3 Å². The first kappa shape index (κ1) is 16.4. The van der Waals surface area contributed by atoms with Crippen LogP contribution in [0.1, 0.15) is 22.2 Å². The number of thiazole rings is 1. The van der Waals surface area contributed by atoms with Crippen LogP contribution >= 0.6 is 11.3 Å². The molecule has 0 spiro atoms. The van der Waals surface area contributed by atoms with Crippen molar-refractivity contribution in [3.8, 4) is 0 Å². The molecule has 0 saturated carbocycles. The third kappa shape index (κ3) is 3.61. The minimum absolute atomic E-state index is 0.112. The van der Waals surface area contributed by atoms with Crippen molar-refractivity contribution >= 4 is 17.2 Å². The summed E-state index contributed by atoms with van der Waals surface area (Å²) in [6.07, 6.45) is -1.13. The van der Waals surface area contributed by atoms with Gasteiger partial charge in [0.05, 0.1) is 6.10 Å². The van der Waals surface area contributed by atoms with E-state index in [0.29, 0.717) is 0 Å². The van der Waals surface area contributed by atoms with Crippen LogP contribution in [0.5, 0.6) is 0 Å². The summed E-state index contributed by atoms with van der Waals surface area (Å²) in [6.45, 7) is 3.36. The average Bonchev–Trinajstić information content (AvgIpc) is 2.72. The molecule has 0 bridgehead atoms. The summed E-state index contributed by atoms with van der Waals surface area (Å²) in [6, 6.07) is 5.85. The molecule has 1 amide bonds. The highest BCUT2D eigenvalue weighted by Gasteiger charge is 2.15. The van der Waals surface area contributed by atoms with Crippen LogP contribution in [0.15, 0.2) is 29.1 Å². The number of rotatable bonds is 5. The molecule has 5 nitrogen and oxygen atoms in total. The summed E-state index contributed by atoms with van der Waals surface area (Å²) in [5, 5.41) is 12.4. The van der Waals surface area contributed by atoms with E-state index in [9.17, 15) is 19.1 Å². The zero-order chi connectivity index (χ0) is 16.3. The van der Waals surface area contributed by atoms with Crippen LogP contribution in [0.3, 0.4) is 0 Å². The number of nitrogens with one attached hydrogen (secondary N) is 1. The Bertz CT molecular complexity index is 739. The summed E-state index contributed by atoms with van der Waals surface area (Å²) >= 11 is 1.09. The van der Waals surface area contributed by atoms with E-state index >= 15 is 0 Å². The maximum absolute atomic E-state index is 13.5. The molecule has 7 heteroatoms. The maximum Gasteiger partial charge on any atom is 0.308 e. The number of aromatic nitrogens is 1. The molecule has 0 aliphatic rings. The second-order valence-corrected chi connectivity index (χ2v) is 6.10. The molecule has 1 aromatic heterocycles. The molecule has 118 valence electrons. The number of amides is 1. The number of halogens is 1. The van der Waals surface area contributed by atoms with Gasteiger partial charge >= 0.3 is 4.87 Å². The van der Waals surface area contributed by atoms with E-state index in [-0.39, 0.29) is 23.5 Å². The molecule has 0 aliphatic heterocycles. The number of carbonyl (C=O) groups excluding carboxylic acids is 1. The Morgan fingerprint density at radius 3 is 2.68 bits per heavy atom. The van der Waals surface area contributed by atoms with E-state index < -0.39 is 17.8 Å². The van der Waals surface area contributed by atoms with Crippen molar-refractivity contribution in [2.75, 3.05) is 6.54 Å². The highest BCUT2D eigenvalue weighted by atomic mass is 32.1. The second-order valence-electron chi connectivity index (χ2n) is 4.94. The average molecular weight is 324 g/mol. The monoisotopic (exact) mass is 324 g/mol. The molecular formula is C15H17FN2O3S. The van der Waals surface area contributed by atoms with Gasteiger partial charge in [0.1, 0.15) is 12.4 Å². The topological polar surface area (TPSA) is 71.3 Å². The van der Waals surface area contributed by atoms with Gasteiger partial charge in [0.25, 0.3) is 0 Å². The Morgan fingerprint density at radius 2 is 2.09 bits per heavy atom. The first-order chi connectivity index (χ1) is 10.4. The third-order valence-electron chi connectivity index (χ3n) is 3.43. The van der Waals surface area contributed by atoms with Crippen molar-refractivity contribution in [2.24, 2.45) is 0 Å². The lowest BCUT2D eigenvalue weighted by molar-refractivity contribution is -0.122. The number of carbonyl (C=O) groups is 1. The van der Waals surface area contributed by atoms with E-state index in [1.165, 1.54) is 22.8 Å². The second kappa shape index (κ2) is 6.85. The molecule has 2 N–H and O–H groups in total. The van der Waals surface area contributed by atoms with Crippen LogP contribution in [0.4, 0.5) is 4.39 Å². The highest BCUT2D eigenvalue weighted by molar-refractivity contribution is 7.09. The first-order valence-electron chi connectivity index (χ1n) is 6.76. The van der Waals surface area contributed by atoms with Gasteiger partial charge in [0, 0.05) is 22.7 Å². The van der Waals surface area contributed by atoms with Gasteiger partial charge < -0.3 is 10.4 Å². The van der Waals surface area contributed by atoms with Crippen LogP contribution < -0.4 is 10.2 Å². The Morgan fingerprint density at radius 1 is 1.41 bits per heavy atom. The molecule has 0 fully saturated rings. The molecule has 2 rings (SSSR count). The standard InChI is InChI=1S/C15H17FN2O3S/c1-9-10(2)22-15(21)18(9)8-14(20)17-7-13(19)11-5-3-4-6-12(11)16/h3-6,13,19H,7-8H2,1-2H3,(H,17,20). The molecule has 2 aromatic rings. The van der Waals surface area contributed by atoms with Gasteiger partial charge in [0.15, 0.2) is 0 Å². The van der Waals surface area contributed by atoms with Crippen LogP contribution in [0.25, 0.3) is 0 Å². The highest BCUT2D eigenvalue weighted by Crippen LogP contribution is 2.15. The van der Waals surface area contributed by atoms with Gasteiger partial charge in [-0.25, -0.2) is 4.39 Å². The minimum atomic E-state index is -1.13. The molecule has 0 radical (unpaired) electrons. The van der Waals surface area contributed by atoms with Gasteiger partial charge in [-0.3, -0.25) is 14.2 Å². The van der Waals surface area contributed by atoms with Crippen molar-refractivity contribution in [1.82, 2.24) is 9.88 Å². The Balaban J connectivity index is 1.96. The van der Waals surface area contributed by atoms with Crippen molar-refractivity contribution in [3.63, 3.8) is 0 Å². The molecule has 1 aromatic carbocycles. The lowest BCUT2D eigenvalue weighted by atomic mass is 10.1. The van der Waals surface area contributed by atoms with E-state index in [2.05, 4.69) is 5.32 Å². The lowest BCUT2D eigenvalue weighted by Crippen LogP contribution is -2.34. The van der Waals surface area contributed by atoms with Crippen LogP contribution in [0.2, 0.25) is 0 Å². The largest absolute Gasteiger partial charge is 0.386 e. The quantitative estimate of drug-likeness (QED) is 0.876. The maximum atomic E-state index is 13.5. The normalized spacial score (nSPS) is 12.2. The Labute approximate surface area is 131 Å². The zero-order valence-electron chi connectivity index (χ0n) is 12.3. The van der Waals surface area contributed by atoms with E-state index in [0.717, 1.165) is 21.9 Å². The number of hydrogen-bond donors (Lipinski definition) is 2. The number of aliphatic hydroxyl groups excluding tert-OH is 1. The number of aliphatic hydroxyl groups is 1. The van der Waals surface area contributed by atoms with E-state index in [4.69, 9.17) is 0 Å². The SMILES string of the molecule is Cc1sc(=O)n(CC(=O)NCC(O)c2ccccc2F)c1C. The van der Waals surface area contributed by atoms with E-state index in [1.807, 2.05) is 6.92 Å². The van der Waals surface area contributed by atoms with Crippen LogP contribution in [-0.4, -0.2) is 22.1 Å². The smallest absolute Gasteiger partial charge is 0.308 e. The molecule has 22 heavy (non-hydrogen) atoms. The first-order valence-corrected chi connectivity index (χ1v) is 7.57. The summed E-state index contributed by atoms with van der Waals surface area (Å²) in [4.78, 5) is 24.2. The van der Waals surface area contributed by atoms with Gasteiger partial charge in [-0.15, -0.1) is 0 Å². The fourth-order valence-corrected chi connectivity index (χ4v) is 2.87. The van der Waals surface area contributed by atoms with Gasteiger partial charge in [-0.1, -0.05) is 29.5 Å². The molecule has 0 saturated heterocycles. The zero-order valence-corrected chi connectivity index (χ0v) is 13.1. The van der Waals surface area contributed by atoms with Gasteiger partial charge in [0.2, 0.25) is 5.91 Å².